The lowest BCUT2D eigenvalue weighted by molar-refractivity contribution is 0.661. The van der Waals surface area contributed by atoms with Crippen LogP contribution in [0.25, 0.3) is 83.3 Å². The zero-order valence-electron chi connectivity index (χ0n) is 29.4. The van der Waals surface area contributed by atoms with Crippen LogP contribution in [0.1, 0.15) is 43.1 Å². The van der Waals surface area contributed by atoms with Gasteiger partial charge in [-0.05, 0) is 77.7 Å². The van der Waals surface area contributed by atoms with Crippen molar-refractivity contribution in [3.63, 3.8) is 0 Å². The van der Waals surface area contributed by atoms with E-state index in [4.69, 9.17) is 19.4 Å². The van der Waals surface area contributed by atoms with Crippen LogP contribution in [0.3, 0.4) is 0 Å². The highest BCUT2D eigenvalue weighted by Crippen LogP contribution is 2.52. The van der Waals surface area contributed by atoms with E-state index in [2.05, 4.69) is 140 Å². The van der Waals surface area contributed by atoms with Crippen LogP contribution >= 0.6 is 0 Å². The fourth-order valence-corrected chi connectivity index (χ4v) is 8.72. The smallest absolute Gasteiger partial charge is 0.163 e. The molecule has 252 valence electrons. The van der Waals surface area contributed by atoms with Crippen molar-refractivity contribution in [1.29, 1.82) is 0 Å². The molecule has 0 saturated carbocycles. The summed E-state index contributed by atoms with van der Waals surface area (Å²) < 4.78 is 8.57. The second kappa shape index (κ2) is 11.2. The van der Waals surface area contributed by atoms with Gasteiger partial charge in [0.25, 0.3) is 0 Å². The molecule has 0 saturated heterocycles. The molecule has 3 heterocycles. The van der Waals surface area contributed by atoms with Crippen LogP contribution in [-0.4, -0.2) is 19.5 Å². The Hall–Kier alpha value is -6.59. The Labute approximate surface area is 306 Å². The van der Waals surface area contributed by atoms with Crippen molar-refractivity contribution < 1.29 is 4.42 Å². The lowest BCUT2D eigenvalue weighted by Crippen LogP contribution is -2.14. The molecule has 5 heteroatoms. The average Bonchev–Trinajstić information content (AvgIpc) is 3.83. The quantitative estimate of drug-likeness (QED) is 0.185. The van der Waals surface area contributed by atoms with Gasteiger partial charge in [0.2, 0.25) is 0 Å². The van der Waals surface area contributed by atoms with Gasteiger partial charge in [0.1, 0.15) is 17.0 Å². The Kier molecular flexibility index (Phi) is 6.36. The van der Waals surface area contributed by atoms with E-state index in [0.29, 0.717) is 11.6 Å². The third kappa shape index (κ3) is 4.47. The van der Waals surface area contributed by atoms with Gasteiger partial charge in [-0.3, -0.25) is 0 Å². The van der Waals surface area contributed by atoms with Crippen molar-refractivity contribution in [3.8, 4) is 39.6 Å². The van der Waals surface area contributed by atoms with Gasteiger partial charge in [-0.15, -0.1) is 0 Å². The van der Waals surface area contributed by atoms with E-state index in [1.165, 1.54) is 44.1 Å². The standard InChI is InChI=1S/C48H34N4O/c1-48(2)38-17-9-6-16-36(38)43-39(48)26-25-35-33-14-7-10-18-40(33)52(44(35)43)32-23-20-30(21-24-32)46-49-45(29-12-4-3-5-13-29)50-47(51-46)31-22-27-42-37(28-31)34-15-8-11-19-41(34)53-42/h3-12,14-29H,13H2,1-2H3. The molecule has 9 aromatic rings. The summed E-state index contributed by atoms with van der Waals surface area (Å²) in [6.45, 7) is 4.69. The first-order valence-corrected chi connectivity index (χ1v) is 18.3. The second-order valence-corrected chi connectivity index (χ2v) is 14.8. The molecule has 2 aliphatic carbocycles. The summed E-state index contributed by atoms with van der Waals surface area (Å²) in [4.78, 5) is 15.3. The van der Waals surface area contributed by atoms with Gasteiger partial charge in [0.05, 0.1) is 11.0 Å². The van der Waals surface area contributed by atoms with E-state index in [1.54, 1.807) is 0 Å². The highest BCUT2D eigenvalue weighted by atomic mass is 16.3. The Balaban J connectivity index is 1.08. The molecule has 3 aromatic heterocycles. The summed E-state index contributed by atoms with van der Waals surface area (Å²) >= 11 is 0. The lowest BCUT2D eigenvalue weighted by Gasteiger charge is -2.21. The number of para-hydroxylation sites is 2. The summed E-state index contributed by atoms with van der Waals surface area (Å²) in [6.07, 6.45) is 9.37. The van der Waals surface area contributed by atoms with E-state index in [9.17, 15) is 0 Å². The summed E-state index contributed by atoms with van der Waals surface area (Å²) in [6, 6.07) is 45.4. The molecule has 0 amide bonds. The van der Waals surface area contributed by atoms with Crippen molar-refractivity contribution in [2.24, 2.45) is 0 Å². The van der Waals surface area contributed by atoms with Gasteiger partial charge in [-0.25, -0.2) is 15.0 Å². The Morgan fingerprint density at radius 2 is 1.36 bits per heavy atom. The first kappa shape index (κ1) is 30.1. The van der Waals surface area contributed by atoms with Gasteiger partial charge in [-0.2, -0.15) is 0 Å². The second-order valence-electron chi connectivity index (χ2n) is 14.8. The van der Waals surface area contributed by atoms with E-state index in [-0.39, 0.29) is 11.3 Å². The van der Waals surface area contributed by atoms with Crippen LogP contribution < -0.4 is 0 Å². The van der Waals surface area contributed by atoms with E-state index in [0.717, 1.165) is 51.0 Å². The topological polar surface area (TPSA) is 56.7 Å². The fraction of sp³-hybridized carbons (Fsp3) is 0.104. The van der Waals surface area contributed by atoms with Crippen LogP contribution in [-0.2, 0) is 5.41 Å². The van der Waals surface area contributed by atoms with Gasteiger partial charge in [0, 0.05) is 55.3 Å². The normalized spacial score (nSPS) is 15.8. The van der Waals surface area contributed by atoms with Crippen LogP contribution in [0, 0.1) is 0 Å². The summed E-state index contributed by atoms with van der Waals surface area (Å²) in [5.41, 5.74) is 12.4. The minimum atomic E-state index is -0.0854. The number of hydrogen-bond acceptors (Lipinski definition) is 4. The molecular weight excluding hydrogens is 649 g/mol. The van der Waals surface area contributed by atoms with Gasteiger partial charge in [0.15, 0.2) is 11.6 Å². The van der Waals surface area contributed by atoms with Crippen LogP contribution in [0.4, 0.5) is 0 Å². The van der Waals surface area contributed by atoms with Crippen LogP contribution in [0.2, 0.25) is 0 Å². The maximum Gasteiger partial charge on any atom is 0.163 e. The number of benzene rings is 6. The third-order valence-electron chi connectivity index (χ3n) is 11.4. The van der Waals surface area contributed by atoms with E-state index in [1.807, 2.05) is 30.3 Å². The maximum atomic E-state index is 6.13. The predicted molar refractivity (Wildman–Crippen MR) is 216 cm³/mol. The number of allylic oxidation sites excluding steroid dienone is 4. The first-order valence-electron chi connectivity index (χ1n) is 18.3. The average molecular weight is 683 g/mol. The van der Waals surface area contributed by atoms with Crippen molar-refractivity contribution in [2.45, 2.75) is 31.6 Å². The molecular formula is C48H34N4O. The van der Waals surface area contributed by atoms with Crippen molar-refractivity contribution in [1.82, 2.24) is 19.5 Å². The molecule has 11 rings (SSSR count). The van der Waals surface area contributed by atoms with Crippen molar-refractivity contribution in [3.05, 3.63) is 169 Å². The number of aromatic nitrogens is 4. The molecule has 1 unspecified atom stereocenters. The largest absolute Gasteiger partial charge is 0.456 e. The van der Waals surface area contributed by atoms with E-state index < -0.39 is 0 Å². The highest BCUT2D eigenvalue weighted by Gasteiger charge is 2.37. The first-order chi connectivity index (χ1) is 26.0. The summed E-state index contributed by atoms with van der Waals surface area (Å²) in [5.74, 6) is 2.16. The van der Waals surface area contributed by atoms with E-state index >= 15 is 0 Å². The van der Waals surface area contributed by atoms with Gasteiger partial charge >= 0.3 is 0 Å². The zero-order valence-corrected chi connectivity index (χ0v) is 29.4. The molecule has 2 aliphatic rings. The summed E-state index contributed by atoms with van der Waals surface area (Å²) in [7, 11) is 0. The highest BCUT2D eigenvalue weighted by molar-refractivity contribution is 6.15. The molecule has 0 radical (unpaired) electrons. The molecule has 0 aliphatic heterocycles. The molecule has 53 heavy (non-hydrogen) atoms. The van der Waals surface area contributed by atoms with Crippen LogP contribution in [0.15, 0.2) is 156 Å². The number of hydrogen-bond donors (Lipinski definition) is 0. The predicted octanol–water partition coefficient (Wildman–Crippen LogP) is 12.1. The van der Waals surface area contributed by atoms with Crippen molar-refractivity contribution in [2.75, 3.05) is 0 Å². The van der Waals surface area contributed by atoms with Gasteiger partial charge < -0.3 is 8.98 Å². The molecule has 0 N–H and O–H groups in total. The SMILES string of the molecule is CC1(C)c2ccccc2-c2c1ccc1c3ccccc3n(-c3ccc(-c4nc(-c5ccc6oc7ccccc7c6c5)nc(C5C=CC=CC5)n4)cc3)c21. The van der Waals surface area contributed by atoms with Crippen molar-refractivity contribution >= 4 is 43.7 Å². The minimum absolute atomic E-state index is 0.0742. The third-order valence-corrected chi connectivity index (χ3v) is 11.4. The molecule has 5 nitrogen and oxygen atoms in total. The number of nitrogens with zero attached hydrogens (tertiary/aromatic N) is 4. The summed E-state index contributed by atoms with van der Waals surface area (Å²) in [5, 5.41) is 4.65. The molecule has 6 aromatic carbocycles. The molecule has 1 atom stereocenters. The van der Waals surface area contributed by atoms with Crippen LogP contribution in [0.5, 0.6) is 0 Å². The maximum absolute atomic E-state index is 6.13. The number of furan rings is 1. The fourth-order valence-electron chi connectivity index (χ4n) is 8.72. The molecule has 0 spiro atoms. The Bertz CT molecular complexity index is 3010. The monoisotopic (exact) mass is 682 g/mol. The zero-order chi connectivity index (χ0) is 35.3. The Morgan fingerprint density at radius 3 is 2.21 bits per heavy atom. The van der Waals surface area contributed by atoms with Gasteiger partial charge in [-0.1, -0.05) is 111 Å². The Morgan fingerprint density at radius 1 is 0.623 bits per heavy atom. The molecule has 0 fully saturated rings. The lowest BCUT2D eigenvalue weighted by atomic mass is 9.82. The number of fused-ring (bicyclic) bond motifs is 10. The minimum Gasteiger partial charge on any atom is -0.456 e. The molecule has 0 bridgehead atoms. The number of rotatable bonds is 4.